The minimum absolute atomic E-state index is 0.212. The summed E-state index contributed by atoms with van der Waals surface area (Å²) < 4.78 is 5.06. The third-order valence-electron chi connectivity index (χ3n) is 2.68. The lowest BCUT2D eigenvalue weighted by atomic mass is 10.1. The first-order valence-electron chi connectivity index (χ1n) is 7.56. The first-order chi connectivity index (χ1) is 11.0. The molecule has 0 rings (SSSR count). The molecule has 0 aromatic carbocycles. The van der Waals surface area contributed by atoms with Crippen molar-refractivity contribution in [3.8, 4) is 0 Å². The topological polar surface area (TPSA) is 145 Å². The van der Waals surface area contributed by atoms with Crippen molar-refractivity contribution >= 4 is 18.0 Å². The Kier molecular flexibility index (Phi) is 9.67. The Labute approximate surface area is 140 Å². The molecule has 0 saturated heterocycles. The van der Waals surface area contributed by atoms with Gasteiger partial charge in [0, 0.05) is 12.6 Å². The van der Waals surface area contributed by atoms with Gasteiger partial charge in [-0.1, -0.05) is 0 Å². The minimum atomic E-state index is -1.37. The molecular formula is C15H26N2O7. The Morgan fingerprint density at radius 3 is 2.29 bits per heavy atom. The number of hydrogen-bond donors (Lipinski definition) is 5. The zero-order valence-electron chi connectivity index (χ0n) is 14.1. The molecule has 0 aliphatic rings. The number of hydrogen-bond acceptors (Lipinski definition) is 6. The predicted octanol–water partition coefficient (Wildman–Crippen LogP) is 0.683. The quantitative estimate of drug-likeness (QED) is 0.221. The molecule has 138 valence electrons. The van der Waals surface area contributed by atoms with Crippen LogP contribution in [0.15, 0.2) is 12.2 Å². The van der Waals surface area contributed by atoms with E-state index in [4.69, 9.17) is 14.9 Å². The van der Waals surface area contributed by atoms with Crippen LogP contribution >= 0.6 is 0 Å². The zero-order valence-corrected chi connectivity index (χ0v) is 14.1. The van der Waals surface area contributed by atoms with E-state index in [1.54, 1.807) is 20.8 Å². The first-order valence-corrected chi connectivity index (χ1v) is 7.56. The van der Waals surface area contributed by atoms with Gasteiger partial charge in [0.15, 0.2) is 0 Å². The number of aliphatic carboxylic acids is 2. The summed E-state index contributed by atoms with van der Waals surface area (Å²) in [5, 5.41) is 32.0. The van der Waals surface area contributed by atoms with Crippen molar-refractivity contribution in [3.63, 3.8) is 0 Å². The van der Waals surface area contributed by atoms with Crippen molar-refractivity contribution in [1.29, 1.82) is 0 Å². The van der Waals surface area contributed by atoms with Crippen LogP contribution < -0.4 is 10.6 Å². The van der Waals surface area contributed by atoms with Crippen LogP contribution in [-0.2, 0) is 14.3 Å². The van der Waals surface area contributed by atoms with E-state index in [-0.39, 0.29) is 6.42 Å². The highest BCUT2D eigenvalue weighted by molar-refractivity contribution is 5.79. The number of aliphatic hydroxyl groups excluding tert-OH is 1. The lowest BCUT2D eigenvalue weighted by molar-refractivity contribution is -0.140. The normalized spacial score (nSPS) is 14.2. The van der Waals surface area contributed by atoms with Crippen molar-refractivity contribution in [2.45, 2.75) is 57.9 Å². The fraction of sp³-hybridized carbons (Fsp3) is 0.667. The Balaban J connectivity index is 4.08. The second-order valence-electron chi connectivity index (χ2n) is 6.12. The van der Waals surface area contributed by atoms with Crippen LogP contribution in [0.3, 0.4) is 0 Å². The molecule has 5 N–H and O–H groups in total. The van der Waals surface area contributed by atoms with Crippen molar-refractivity contribution in [2.75, 3.05) is 6.54 Å². The number of amides is 1. The molecular weight excluding hydrogens is 320 g/mol. The summed E-state index contributed by atoms with van der Waals surface area (Å²) in [6.07, 6.45) is 0.986. The van der Waals surface area contributed by atoms with Crippen LogP contribution in [0.1, 0.15) is 40.0 Å². The van der Waals surface area contributed by atoms with E-state index < -0.39 is 35.9 Å². The maximum atomic E-state index is 11.4. The lowest BCUT2D eigenvalue weighted by Crippen LogP contribution is -2.42. The average molecular weight is 346 g/mol. The molecule has 24 heavy (non-hydrogen) atoms. The second kappa shape index (κ2) is 10.6. The van der Waals surface area contributed by atoms with Gasteiger partial charge in [-0.2, -0.15) is 0 Å². The summed E-state index contributed by atoms with van der Waals surface area (Å²) in [6.45, 7) is 5.59. The SMILES string of the molecule is CC(C)(C)OC(=O)NCCCC[C@H](NC(O)/C=C\C(=O)O)C(=O)O. The average Bonchev–Trinajstić information content (AvgIpc) is 2.41. The number of carbonyl (C=O) groups excluding carboxylic acids is 1. The van der Waals surface area contributed by atoms with E-state index in [0.29, 0.717) is 19.4 Å². The van der Waals surface area contributed by atoms with Gasteiger partial charge in [0.05, 0.1) is 0 Å². The zero-order chi connectivity index (χ0) is 18.8. The van der Waals surface area contributed by atoms with Gasteiger partial charge in [-0.15, -0.1) is 0 Å². The maximum Gasteiger partial charge on any atom is 0.407 e. The Hall–Kier alpha value is -2.13. The minimum Gasteiger partial charge on any atom is -0.480 e. The number of unbranched alkanes of at least 4 members (excludes halogenated alkanes) is 1. The van der Waals surface area contributed by atoms with E-state index in [0.717, 1.165) is 12.2 Å². The second-order valence-corrected chi connectivity index (χ2v) is 6.12. The van der Waals surface area contributed by atoms with Gasteiger partial charge in [0.25, 0.3) is 0 Å². The van der Waals surface area contributed by atoms with Gasteiger partial charge in [-0.25, -0.2) is 9.59 Å². The number of aliphatic hydroxyl groups is 1. The van der Waals surface area contributed by atoms with Crippen LogP contribution in [-0.4, -0.2) is 57.8 Å². The third-order valence-corrected chi connectivity index (χ3v) is 2.68. The van der Waals surface area contributed by atoms with E-state index in [9.17, 15) is 19.5 Å². The van der Waals surface area contributed by atoms with E-state index in [1.165, 1.54) is 0 Å². The number of alkyl carbamates (subject to hydrolysis) is 1. The van der Waals surface area contributed by atoms with Crippen molar-refractivity contribution in [2.24, 2.45) is 0 Å². The van der Waals surface area contributed by atoms with E-state index in [2.05, 4.69) is 10.6 Å². The lowest BCUT2D eigenvalue weighted by Gasteiger charge is -2.20. The van der Waals surface area contributed by atoms with Crippen LogP contribution in [0.25, 0.3) is 0 Å². The number of carboxylic acid groups (broad SMARTS) is 2. The Bertz CT molecular complexity index is 457. The van der Waals surface area contributed by atoms with Crippen LogP contribution in [0.5, 0.6) is 0 Å². The standard InChI is InChI=1S/C15H26N2O7/c1-15(2,3)24-14(23)16-9-5-4-6-10(13(21)22)17-11(18)7-8-12(19)20/h7-8,10-11,17-18H,4-6,9H2,1-3H3,(H,16,23)(H,19,20)(H,21,22)/b8-7-/t10-,11?/m0/s1. The molecule has 0 aromatic heterocycles. The van der Waals surface area contributed by atoms with Gasteiger partial charge in [0.1, 0.15) is 17.9 Å². The number of ether oxygens (including phenoxy) is 1. The molecule has 1 unspecified atom stereocenters. The van der Waals surface area contributed by atoms with E-state index in [1.807, 2.05) is 0 Å². The Morgan fingerprint density at radius 2 is 1.79 bits per heavy atom. The van der Waals surface area contributed by atoms with Crippen LogP contribution in [0.4, 0.5) is 4.79 Å². The van der Waals surface area contributed by atoms with Crippen molar-refractivity contribution in [3.05, 3.63) is 12.2 Å². The number of nitrogens with one attached hydrogen (secondary N) is 2. The highest BCUT2D eigenvalue weighted by atomic mass is 16.6. The fourth-order valence-electron chi connectivity index (χ4n) is 1.69. The van der Waals surface area contributed by atoms with E-state index >= 15 is 0 Å². The maximum absolute atomic E-state index is 11.4. The summed E-state index contributed by atoms with van der Waals surface area (Å²) in [5.74, 6) is -2.39. The molecule has 1 amide bonds. The molecule has 9 heteroatoms. The van der Waals surface area contributed by atoms with Gasteiger partial charge < -0.3 is 25.4 Å². The molecule has 0 aliphatic carbocycles. The summed E-state index contributed by atoms with van der Waals surface area (Å²) >= 11 is 0. The summed E-state index contributed by atoms with van der Waals surface area (Å²) in [6, 6.07) is -1.03. The monoisotopic (exact) mass is 346 g/mol. The molecule has 0 aliphatic heterocycles. The molecule has 0 fully saturated rings. The molecule has 0 saturated carbocycles. The Morgan fingerprint density at radius 1 is 1.17 bits per heavy atom. The molecule has 9 nitrogen and oxygen atoms in total. The first kappa shape index (κ1) is 21.9. The number of carboxylic acids is 2. The summed E-state index contributed by atoms with van der Waals surface area (Å²) in [7, 11) is 0. The van der Waals surface area contributed by atoms with Gasteiger partial charge in [-0.05, 0) is 46.1 Å². The molecule has 0 radical (unpaired) electrons. The highest BCUT2D eigenvalue weighted by Crippen LogP contribution is 2.07. The van der Waals surface area contributed by atoms with Gasteiger partial charge >= 0.3 is 18.0 Å². The number of carbonyl (C=O) groups is 3. The molecule has 0 bridgehead atoms. The molecule has 2 atom stereocenters. The van der Waals surface area contributed by atoms with Gasteiger partial charge in [-0.3, -0.25) is 10.1 Å². The van der Waals surface area contributed by atoms with Crippen molar-refractivity contribution < 1.29 is 34.4 Å². The van der Waals surface area contributed by atoms with Crippen LogP contribution in [0, 0.1) is 0 Å². The predicted molar refractivity (Wildman–Crippen MR) is 85.4 cm³/mol. The van der Waals surface area contributed by atoms with Crippen molar-refractivity contribution in [1.82, 2.24) is 10.6 Å². The molecule has 0 spiro atoms. The fourth-order valence-corrected chi connectivity index (χ4v) is 1.69. The summed E-state index contributed by atoms with van der Waals surface area (Å²) in [5.41, 5.74) is -0.581. The third kappa shape index (κ3) is 12.4. The van der Waals surface area contributed by atoms with Crippen LogP contribution in [0.2, 0.25) is 0 Å². The molecule has 0 aromatic rings. The smallest absolute Gasteiger partial charge is 0.407 e. The largest absolute Gasteiger partial charge is 0.480 e. The van der Waals surface area contributed by atoms with Gasteiger partial charge in [0.2, 0.25) is 0 Å². The summed E-state index contributed by atoms with van der Waals surface area (Å²) in [4.78, 5) is 32.8. The highest BCUT2D eigenvalue weighted by Gasteiger charge is 2.19. The molecule has 0 heterocycles. The number of rotatable bonds is 10.